The summed E-state index contributed by atoms with van der Waals surface area (Å²) in [5, 5.41) is 5.65. The Hall–Kier alpha value is -2.01. The first kappa shape index (κ1) is 13.4. The van der Waals surface area contributed by atoms with Crippen LogP contribution in [0.15, 0.2) is 29.1 Å². The van der Waals surface area contributed by atoms with Gasteiger partial charge in [-0.15, -0.1) is 0 Å². The summed E-state index contributed by atoms with van der Waals surface area (Å²) < 4.78 is 0. The summed E-state index contributed by atoms with van der Waals surface area (Å²) in [6, 6.07) is 8.15. The largest absolute Gasteiger partial charge is 0.378 e. The van der Waals surface area contributed by atoms with Gasteiger partial charge in [-0.1, -0.05) is 12.1 Å². The molecule has 0 amide bonds. The third-order valence-electron chi connectivity index (χ3n) is 3.23. The highest BCUT2D eigenvalue weighted by molar-refractivity contribution is 5.65. The van der Waals surface area contributed by atoms with E-state index in [0.717, 1.165) is 41.9 Å². The molecule has 102 valence electrons. The van der Waals surface area contributed by atoms with Gasteiger partial charge in [0.1, 0.15) is 0 Å². The van der Waals surface area contributed by atoms with Crippen LogP contribution < -0.4 is 16.2 Å². The van der Waals surface area contributed by atoms with E-state index in [-0.39, 0.29) is 5.56 Å². The molecular formula is C14H21N4O+. The third kappa shape index (κ3) is 2.88. The van der Waals surface area contributed by atoms with Crippen LogP contribution in [0.2, 0.25) is 0 Å². The van der Waals surface area contributed by atoms with Crippen molar-refractivity contribution in [2.24, 2.45) is 0 Å². The number of aromatic nitrogens is 2. The number of nitrogens with zero attached hydrogens (tertiary/aromatic N) is 1. The fourth-order valence-electron chi connectivity index (χ4n) is 2.10. The first-order valence-corrected chi connectivity index (χ1v) is 6.50. The zero-order chi connectivity index (χ0) is 13.8. The minimum Gasteiger partial charge on any atom is -0.378 e. The SMILES string of the molecule is CN(C)c1ccc(-c2[nH][nH]c(=O)c2CCC[NH3+])cc1. The standard InChI is InChI=1S/C14H20N4O/c1-18(2)11-7-5-10(6-8-11)13-12(4-3-9-15)14(19)17-16-13/h5-8H,3-4,9,15H2,1-2H3,(H2,16,17,19)/p+1. The van der Waals surface area contributed by atoms with Crippen molar-refractivity contribution in [3.8, 4) is 11.3 Å². The monoisotopic (exact) mass is 261 g/mol. The summed E-state index contributed by atoms with van der Waals surface area (Å²) in [6.45, 7) is 0.837. The smallest absolute Gasteiger partial charge is 0.267 e. The van der Waals surface area contributed by atoms with Crippen molar-refractivity contribution >= 4 is 5.69 Å². The molecule has 2 aromatic rings. The van der Waals surface area contributed by atoms with Crippen molar-refractivity contribution in [2.45, 2.75) is 12.8 Å². The van der Waals surface area contributed by atoms with Crippen LogP contribution in [0.1, 0.15) is 12.0 Å². The van der Waals surface area contributed by atoms with Crippen molar-refractivity contribution in [3.63, 3.8) is 0 Å². The number of aromatic amines is 2. The second kappa shape index (κ2) is 5.75. The molecule has 5 heteroatoms. The number of quaternary nitrogens is 1. The summed E-state index contributed by atoms with van der Waals surface area (Å²) in [4.78, 5) is 13.8. The molecule has 0 aliphatic heterocycles. The summed E-state index contributed by atoms with van der Waals surface area (Å²) in [5.74, 6) is 0. The van der Waals surface area contributed by atoms with E-state index in [9.17, 15) is 4.79 Å². The maximum atomic E-state index is 11.8. The summed E-state index contributed by atoms with van der Waals surface area (Å²) >= 11 is 0. The van der Waals surface area contributed by atoms with E-state index in [4.69, 9.17) is 0 Å². The van der Waals surface area contributed by atoms with Crippen molar-refractivity contribution in [2.75, 3.05) is 25.5 Å². The quantitative estimate of drug-likeness (QED) is 0.737. The van der Waals surface area contributed by atoms with Gasteiger partial charge in [-0.2, -0.15) is 0 Å². The van der Waals surface area contributed by atoms with Gasteiger partial charge in [0.15, 0.2) is 0 Å². The molecule has 0 atom stereocenters. The zero-order valence-electron chi connectivity index (χ0n) is 11.5. The lowest BCUT2D eigenvalue weighted by Crippen LogP contribution is -2.50. The molecule has 2 rings (SSSR count). The van der Waals surface area contributed by atoms with Gasteiger partial charge in [0.05, 0.1) is 12.2 Å². The highest BCUT2D eigenvalue weighted by Gasteiger charge is 2.11. The normalized spacial score (nSPS) is 10.7. The Labute approximate surface area is 112 Å². The first-order chi connectivity index (χ1) is 9.13. The molecule has 1 aromatic heterocycles. The van der Waals surface area contributed by atoms with E-state index in [2.05, 4.69) is 15.9 Å². The predicted molar refractivity (Wildman–Crippen MR) is 77.3 cm³/mol. The van der Waals surface area contributed by atoms with Crippen LogP contribution >= 0.6 is 0 Å². The Kier molecular flexibility index (Phi) is 4.06. The summed E-state index contributed by atoms with van der Waals surface area (Å²) in [5.41, 5.74) is 7.68. The number of H-pyrrole nitrogens is 2. The van der Waals surface area contributed by atoms with Crippen LogP contribution in [0.25, 0.3) is 11.3 Å². The lowest BCUT2D eigenvalue weighted by Gasteiger charge is -2.12. The fraction of sp³-hybridized carbons (Fsp3) is 0.357. The Balaban J connectivity index is 2.33. The van der Waals surface area contributed by atoms with E-state index in [1.54, 1.807) is 0 Å². The Morgan fingerprint density at radius 2 is 1.84 bits per heavy atom. The third-order valence-corrected chi connectivity index (χ3v) is 3.23. The zero-order valence-corrected chi connectivity index (χ0v) is 11.5. The molecule has 1 aromatic carbocycles. The molecule has 0 unspecified atom stereocenters. The van der Waals surface area contributed by atoms with Gasteiger partial charge in [-0.05, 0) is 18.6 Å². The molecule has 0 radical (unpaired) electrons. The number of nitrogens with one attached hydrogen (secondary N) is 2. The topological polar surface area (TPSA) is 79.5 Å². The fourth-order valence-corrected chi connectivity index (χ4v) is 2.10. The van der Waals surface area contributed by atoms with Crippen LogP contribution in [0.3, 0.4) is 0 Å². The minimum atomic E-state index is -0.0277. The highest BCUT2D eigenvalue weighted by Crippen LogP contribution is 2.22. The van der Waals surface area contributed by atoms with Crippen molar-refractivity contribution in [1.82, 2.24) is 10.2 Å². The lowest BCUT2D eigenvalue weighted by atomic mass is 10.0. The van der Waals surface area contributed by atoms with Crippen LogP contribution in [0.4, 0.5) is 5.69 Å². The Bertz CT molecular complexity index is 580. The molecule has 5 N–H and O–H groups in total. The van der Waals surface area contributed by atoms with Crippen LogP contribution in [0.5, 0.6) is 0 Å². The molecule has 0 bridgehead atoms. The molecule has 0 saturated heterocycles. The van der Waals surface area contributed by atoms with E-state index in [1.807, 2.05) is 43.3 Å². The van der Waals surface area contributed by atoms with Gasteiger partial charge in [-0.25, -0.2) is 0 Å². The molecule has 0 spiro atoms. The first-order valence-electron chi connectivity index (χ1n) is 6.50. The van der Waals surface area contributed by atoms with Crippen LogP contribution in [-0.2, 0) is 6.42 Å². The second-order valence-corrected chi connectivity index (χ2v) is 4.83. The van der Waals surface area contributed by atoms with Crippen molar-refractivity contribution < 1.29 is 5.73 Å². The maximum Gasteiger partial charge on any atom is 0.267 e. The number of benzene rings is 1. The van der Waals surface area contributed by atoms with E-state index in [1.165, 1.54) is 0 Å². The number of hydrogen-bond donors (Lipinski definition) is 3. The second-order valence-electron chi connectivity index (χ2n) is 4.83. The molecule has 19 heavy (non-hydrogen) atoms. The number of anilines is 1. The Morgan fingerprint density at radius 3 is 2.42 bits per heavy atom. The predicted octanol–water partition coefficient (Wildman–Crippen LogP) is 0.611. The van der Waals surface area contributed by atoms with E-state index >= 15 is 0 Å². The van der Waals surface area contributed by atoms with Crippen molar-refractivity contribution in [3.05, 3.63) is 40.2 Å². The molecule has 0 saturated carbocycles. The maximum absolute atomic E-state index is 11.8. The van der Waals surface area contributed by atoms with Gasteiger partial charge in [0.25, 0.3) is 5.56 Å². The van der Waals surface area contributed by atoms with Crippen LogP contribution in [0, 0.1) is 0 Å². The average Bonchev–Trinajstić information content (AvgIpc) is 2.78. The van der Waals surface area contributed by atoms with E-state index < -0.39 is 0 Å². The van der Waals surface area contributed by atoms with Gasteiger partial charge in [-0.3, -0.25) is 15.0 Å². The summed E-state index contributed by atoms with van der Waals surface area (Å²) in [7, 11) is 4.01. The van der Waals surface area contributed by atoms with Gasteiger partial charge >= 0.3 is 0 Å². The number of hydrogen-bond acceptors (Lipinski definition) is 2. The van der Waals surface area contributed by atoms with Crippen molar-refractivity contribution in [1.29, 1.82) is 0 Å². The summed E-state index contributed by atoms with van der Waals surface area (Å²) in [6.07, 6.45) is 1.68. The van der Waals surface area contributed by atoms with Gasteiger partial charge in [0.2, 0.25) is 0 Å². The molecular weight excluding hydrogens is 240 g/mol. The molecule has 0 fully saturated rings. The highest BCUT2D eigenvalue weighted by atomic mass is 16.1. The van der Waals surface area contributed by atoms with E-state index in [0.29, 0.717) is 0 Å². The lowest BCUT2D eigenvalue weighted by molar-refractivity contribution is -0.368. The van der Waals surface area contributed by atoms with Crippen LogP contribution in [-0.4, -0.2) is 30.8 Å². The van der Waals surface area contributed by atoms with Gasteiger partial charge in [0, 0.05) is 37.3 Å². The number of rotatable bonds is 5. The molecule has 1 heterocycles. The van der Waals surface area contributed by atoms with Gasteiger partial charge < -0.3 is 10.6 Å². The Morgan fingerprint density at radius 1 is 1.16 bits per heavy atom. The minimum absolute atomic E-state index is 0.0277. The molecule has 0 aliphatic rings. The molecule has 0 aliphatic carbocycles. The average molecular weight is 261 g/mol. The molecule has 5 nitrogen and oxygen atoms in total.